The molecule has 3 rings (SSSR count). The van der Waals surface area contributed by atoms with Crippen molar-refractivity contribution in [3.63, 3.8) is 0 Å². The highest BCUT2D eigenvalue weighted by molar-refractivity contribution is 5.97. The molecule has 2 aliphatic heterocycles. The maximum absolute atomic E-state index is 13.5. The number of carbonyl (C=O) groups excluding carboxylic acids is 1. The molecule has 0 saturated carbocycles. The van der Waals surface area contributed by atoms with Crippen LogP contribution < -0.4 is 4.90 Å². The molecule has 1 aromatic rings. The third-order valence-corrected chi connectivity index (χ3v) is 4.85. The van der Waals surface area contributed by atoms with Gasteiger partial charge in [0.15, 0.2) is 0 Å². The summed E-state index contributed by atoms with van der Waals surface area (Å²) >= 11 is 0. The lowest BCUT2D eigenvalue weighted by Crippen LogP contribution is -2.55. The summed E-state index contributed by atoms with van der Waals surface area (Å²) < 4.78 is 19.1. The summed E-state index contributed by atoms with van der Waals surface area (Å²) in [6, 6.07) is 6.25. The molecule has 0 aromatic heterocycles. The molecule has 1 unspecified atom stereocenters. The Balaban J connectivity index is 1.66. The van der Waals surface area contributed by atoms with E-state index in [4.69, 9.17) is 4.74 Å². The molecule has 2 heterocycles. The van der Waals surface area contributed by atoms with Crippen molar-refractivity contribution in [3.8, 4) is 0 Å². The second kappa shape index (κ2) is 7.41. The second-order valence-electron chi connectivity index (χ2n) is 6.32. The number of nitrogens with zero attached hydrogens (tertiary/aromatic N) is 2. The summed E-state index contributed by atoms with van der Waals surface area (Å²) in [7, 11) is 0. The quantitative estimate of drug-likeness (QED) is 0.855. The average molecular weight is 320 g/mol. The summed E-state index contributed by atoms with van der Waals surface area (Å²) in [4.78, 5) is 16.9. The minimum Gasteiger partial charge on any atom is -0.378 e. The van der Waals surface area contributed by atoms with Crippen molar-refractivity contribution in [2.24, 2.45) is 0 Å². The summed E-state index contributed by atoms with van der Waals surface area (Å²) in [6.07, 6.45) is 4.14. The van der Waals surface area contributed by atoms with Crippen LogP contribution in [0.1, 0.15) is 32.6 Å². The normalized spacial score (nSPS) is 24.2. The lowest BCUT2D eigenvalue weighted by Gasteiger charge is -2.41. The van der Waals surface area contributed by atoms with E-state index >= 15 is 0 Å². The van der Waals surface area contributed by atoms with Crippen LogP contribution in [0.15, 0.2) is 24.3 Å². The van der Waals surface area contributed by atoms with E-state index in [2.05, 4.69) is 4.90 Å². The zero-order valence-corrected chi connectivity index (χ0v) is 13.7. The number of anilines is 1. The molecule has 1 atom stereocenters. The van der Waals surface area contributed by atoms with Gasteiger partial charge in [0, 0.05) is 31.9 Å². The Morgan fingerprint density at radius 2 is 2.00 bits per heavy atom. The Bertz CT molecular complexity index is 544. The molecule has 23 heavy (non-hydrogen) atoms. The van der Waals surface area contributed by atoms with Gasteiger partial charge in [0.1, 0.15) is 5.82 Å². The van der Waals surface area contributed by atoms with E-state index in [0.29, 0.717) is 18.3 Å². The van der Waals surface area contributed by atoms with Crippen molar-refractivity contribution >= 4 is 11.6 Å². The number of benzene rings is 1. The summed E-state index contributed by atoms with van der Waals surface area (Å²) in [5, 5.41) is 0. The van der Waals surface area contributed by atoms with E-state index in [1.54, 1.807) is 11.0 Å². The third kappa shape index (κ3) is 3.72. The summed E-state index contributed by atoms with van der Waals surface area (Å²) in [5.41, 5.74) is 0.670. The SMILES string of the molecule is CCOC1CCN(C2CCCN(c3cccc(F)c3)C2=O)CC1. The molecule has 2 saturated heterocycles. The predicted molar refractivity (Wildman–Crippen MR) is 88.0 cm³/mol. The van der Waals surface area contributed by atoms with Gasteiger partial charge >= 0.3 is 0 Å². The maximum atomic E-state index is 13.5. The first kappa shape index (κ1) is 16.4. The van der Waals surface area contributed by atoms with Crippen LogP contribution >= 0.6 is 0 Å². The van der Waals surface area contributed by atoms with Gasteiger partial charge in [0.25, 0.3) is 0 Å². The van der Waals surface area contributed by atoms with Crippen molar-refractivity contribution in [1.29, 1.82) is 0 Å². The first-order chi connectivity index (χ1) is 11.2. The highest BCUT2D eigenvalue weighted by Crippen LogP contribution is 2.26. The van der Waals surface area contributed by atoms with Crippen LogP contribution in [0.2, 0.25) is 0 Å². The lowest BCUT2D eigenvalue weighted by molar-refractivity contribution is -0.126. The molecule has 126 valence electrons. The molecule has 4 nitrogen and oxygen atoms in total. The van der Waals surface area contributed by atoms with Gasteiger partial charge in [-0.2, -0.15) is 0 Å². The zero-order valence-electron chi connectivity index (χ0n) is 13.7. The molecule has 0 spiro atoms. The Labute approximate surface area is 137 Å². The molecular formula is C18H25FN2O2. The number of hydrogen-bond donors (Lipinski definition) is 0. The van der Waals surface area contributed by atoms with E-state index in [9.17, 15) is 9.18 Å². The van der Waals surface area contributed by atoms with E-state index < -0.39 is 0 Å². The lowest BCUT2D eigenvalue weighted by atomic mass is 9.98. The molecular weight excluding hydrogens is 295 g/mol. The van der Waals surface area contributed by atoms with E-state index in [-0.39, 0.29) is 17.8 Å². The Hall–Kier alpha value is -1.46. The van der Waals surface area contributed by atoms with Crippen molar-refractivity contribution in [3.05, 3.63) is 30.1 Å². The van der Waals surface area contributed by atoms with Crippen molar-refractivity contribution in [2.45, 2.75) is 44.8 Å². The Kier molecular flexibility index (Phi) is 5.28. The number of amides is 1. The Morgan fingerprint density at radius 3 is 2.70 bits per heavy atom. The molecule has 1 amide bonds. The van der Waals surface area contributed by atoms with E-state index in [1.165, 1.54) is 12.1 Å². The van der Waals surface area contributed by atoms with Gasteiger partial charge in [-0.25, -0.2) is 4.39 Å². The van der Waals surface area contributed by atoms with Gasteiger partial charge in [-0.05, 0) is 50.8 Å². The number of hydrogen-bond acceptors (Lipinski definition) is 3. The predicted octanol–water partition coefficient (Wildman–Crippen LogP) is 2.82. The number of ether oxygens (including phenoxy) is 1. The maximum Gasteiger partial charge on any atom is 0.244 e. The minimum atomic E-state index is -0.296. The third-order valence-electron chi connectivity index (χ3n) is 4.85. The van der Waals surface area contributed by atoms with Gasteiger partial charge in [-0.15, -0.1) is 0 Å². The number of likely N-dealkylation sites (tertiary alicyclic amines) is 1. The number of carbonyl (C=O) groups is 1. The monoisotopic (exact) mass is 320 g/mol. The Morgan fingerprint density at radius 1 is 1.22 bits per heavy atom. The van der Waals surface area contributed by atoms with Gasteiger partial charge < -0.3 is 9.64 Å². The molecule has 0 bridgehead atoms. The van der Waals surface area contributed by atoms with Crippen molar-refractivity contribution < 1.29 is 13.9 Å². The number of piperidine rings is 2. The molecule has 1 aromatic carbocycles. The highest BCUT2D eigenvalue weighted by Gasteiger charge is 2.35. The molecule has 2 fully saturated rings. The van der Waals surface area contributed by atoms with Crippen LogP contribution in [-0.2, 0) is 9.53 Å². The molecule has 5 heteroatoms. The average Bonchev–Trinajstić information content (AvgIpc) is 2.56. The van der Waals surface area contributed by atoms with Crippen LogP contribution in [0.5, 0.6) is 0 Å². The standard InChI is InChI=1S/C18H25FN2O2/c1-2-23-16-8-11-20(12-9-16)17-7-4-10-21(18(17)22)15-6-3-5-14(19)13-15/h3,5-6,13,16-17H,2,4,7-12H2,1H3. The largest absolute Gasteiger partial charge is 0.378 e. The van der Waals surface area contributed by atoms with Crippen molar-refractivity contribution in [1.82, 2.24) is 4.90 Å². The van der Waals surface area contributed by atoms with Gasteiger partial charge in [0.05, 0.1) is 12.1 Å². The molecule has 0 N–H and O–H groups in total. The fourth-order valence-electron chi connectivity index (χ4n) is 3.69. The molecule has 2 aliphatic rings. The summed E-state index contributed by atoms with van der Waals surface area (Å²) in [6.45, 7) is 5.25. The van der Waals surface area contributed by atoms with Crippen LogP contribution in [0.3, 0.4) is 0 Å². The van der Waals surface area contributed by atoms with Crippen LogP contribution in [0.25, 0.3) is 0 Å². The zero-order chi connectivity index (χ0) is 16.2. The number of rotatable bonds is 4. The highest BCUT2D eigenvalue weighted by atomic mass is 19.1. The molecule has 0 radical (unpaired) electrons. The second-order valence-corrected chi connectivity index (χ2v) is 6.32. The van der Waals surface area contributed by atoms with Gasteiger partial charge in [0.2, 0.25) is 5.91 Å². The van der Waals surface area contributed by atoms with Gasteiger partial charge in [-0.1, -0.05) is 6.07 Å². The van der Waals surface area contributed by atoms with Crippen LogP contribution in [0.4, 0.5) is 10.1 Å². The van der Waals surface area contributed by atoms with Crippen LogP contribution in [-0.4, -0.2) is 49.2 Å². The first-order valence-electron chi connectivity index (χ1n) is 8.61. The van der Waals surface area contributed by atoms with E-state index in [1.807, 2.05) is 13.0 Å². The minimum absolute atomic E-state index is 0.0745. The molecule has 0 aliphatic carbocycles. The van der Waals surface area contributed by atoms with Crippen molar-refractivity contribution in [2.75, 3.05) is 31.1 Å². The fourth-order valence-corrected chi connectivity index (χ4v) is 3.69. The van der Waals surface area contributed by atoms with Crippen LogP contribution in [0, 0.1) is 5.82 Å². The fraction of sp³-hybridized carbons (Fsp3) is 0.611. The van der Waals surface area contributed by atoms with E-state index in [0.717, 1.165) is 45.4 Å². The smallest absolute Gasteiger partial charge is 0.244 e. The number of halogens is 1. The van der Waals surface area contributed by atoms with Gasteiger partial charge in [-0.3, -0.25) is 9.69 Å². The topological polar surface area (TPSA) is 32.8 Å². The first-order valence-corrected chi connectivity index (χ1v) is 8.61. The summed E-state index contributed by atoms with van der Waals surface area (Å²) in [5.74, 6) is -0.188.